The monoisotopic (exact) mass is 298 g/mol. The van der Waals surface area contributed by atoms with Crippen LogP contribution in [0.3, 0.4) is 0 Å². The van der Waals surface area contributed by atoms with E-state index >= 15 is 0 Å². The fourth-order valence-electron chi connectivity index (χ4n) is 1.92. The molecule has 2 rings (SSSR count). The summed E-state index contributed by atoms with van der Waals surface area (Å²) in [4.78, 5) is 16.2. The molecule has 3 nitrogen and oxygen atoms in total. The number of ketones is 1. The van der Waals surface area contributed by atoms with Crippen LogP contribution in [0.4, 0.5) is 4.39 Å². The molecular formula is C15H20ClFN2O. The Kier molecular flexibility index (Phi) is 4.47. The number of rotatable bonds is 4. The maximum absolute atomic E-state index is 14.5. The number of halogens is 2. The first-order valence-corrected chi connectivity index (χ1v) is 6.62. The summed E-state index contributed by atoms with van der Waals surface area (Å²) in [5.41, 5.74) is 6.28. The number of carbonyl (C=O) groups is 1. The summed E-state index contributed by atoms with van der Waals surface area (Å²) in [6.07, 6.45) is 3.49. The molecule has 1 heterocycles. The van der Waals surface area contributed by atoms with Gasteiger partial charge in [-0.2, -0.15) is 0 Å². The van der Waals surface area contributed by atoms with Gasteiger partial charge in [-0.15, -0.1) is 0 Å². The summed E-state index contributed by atoms with van der Waals surface area (Å²) in [7, 11) is 0. The third-order valence-corrected chi connectivity index (χ3v) is 3.43. The van der Waals surface area contributed by atoms with Crippen LogP contribution in [0.15, 0.2) is 36.7 Å². The predicted octanol–water partition coefficient (Wildman–Crippen LogP) is 4.25. The van der Waals surface area contributed by atoms with E-state index in [2.05, 4.69) is 4.98 Å². The maximum atomic E-state index is 14.5. The molecule has 0 saturated heterocycles. The van der Waals surface area contributed by atoms with Gasteiger partial charge < -0.3 is 5.73 Å². The lowest BCUT2D eigenvalue weighted by atomic mass is 9.97. The van der Waals surface area contributed by atoms with Crippen molar-refractivity contribution in [3.63, 3.8) is 0 Å². The third kappa shape index (κ3) is 2.71. The van der Waals surface area contributed by atoms with E-state index in [-0.39, 0.29) is 20.4 Å². The first-order chi connectivity index (χ1) is 9.56. The fraction of sp³-hybridized carbons (Fsp3) is 0.200. The topological polar surface area (TPSA) is 56.0 Å². The average molecular weight is 299 g/mol. The molecule has 2 N–H and O–H groups in total. The van der Waals surface area contributed by atoms with Crippen LogP contribution in [-0.2, 0) is 0 Å². The molecule has 5 heteroatoms. The molecule has 110 valence electrons. The van der Waals surface area contributed by atoms with E-state index in [1.54, 1.807) is 12.1 Å². The van der Waals surface area contributed by atoms with Gasteiger partial charge in [-0.05, 0) is 24.6 Å². The fourth-order valence-corrected chi connectivity index (χ4v) is 2.16. The zero-order chi connectivity index (χ0) is 14.7. The van der Waals surface area contributed by atoms with Crippen LogP contribution >= 0.6 is 11.6 Å². The summed E-state index contributed by atoms with van der Waals surface area (Å²) in [6, 6.07) is 5.73. The van der Waals surface area contributed by atoms with Crippen LogP contribution in [0, 0.1) is 5.82 Å². The Morgan fingerprint density at radius 2 is 2.25 bits per heavy atom. The third-order valence-electron chi connectivity index (χ3n) is 3.11. The molecule has 0 bridgehead atoms. The van der Waals surface area contributed by atoms with Gasteiger partial charge in [-0.3, -0.25) is 9.78 Å². The van der Waals surface area contributed by atoms with Crippen molar-refractivity contribution in [3.8, 4) is 0 Å². The van der Waals surface area contributed by atoms with Gasteiger partial charge >= 0.3 is 0 Å². The molecule has 1 aromatic carbocycles. The Labute approximate surface area is 126 Å². The molecule has 20 heavy (non-hydrogen) atoms. The zero-order valence-electron chi connectivity index (χ0n) is 10.9. The molecule has 2 aromatic rings. The van der Waals surface area contributed by atoms with E-state index in [1.165, 1.54) is 24.5 Å². The molecule has 0 aliphatic carbocycles. The van der Waals surface area contributed by atoms with E-state index in [0.717, 1.165) is 0 Å². The standard InChI is InChI=1S/C15H14ClFN2O.3H2/c1-2-12(18)10-5-6-11(16)13(14(10)17)15(20)9-4-3-7-19-8-9;;;/h3-8,12H,2,18H2,1H3;3*1H/t12-;;;/m1.../s1. The van der Waals surface area contributed by atoms with E-state index in [0.29, 0.717) is 12.0 Å². The molecule has 0 aliphatic rings. The SMILES string of the molecule is CC[C@@H](N)c1ccc(Cl)c(C(=O)c2cccnc2)c1F.[HH].[HH].[HH]. The summed E-state index contributed by atoms with van der Waals surface area (Å²) in [5.74, 6) is -1.15. The second-order valence-corrected chi connectivity index (χ2v) is 4.82. The largest absolute Gasteiger partial charge is 0.324 e. The van der Waals surface area contributed by atoms with Gasteiger partial charge in [0.2, 0.25) is 0 Å². The van der Waals surface area contributed by atoms with Crippen molar-refractivity contribution < 1.29 is 13.5 Å². The highest BCUT2D eigenvalue weighted by Gasteiger charge is 2.22. The number of carbonyl (C=O) groups excluding carboxylic acids is 1. The molecule has 1 aromatic heterocycles. The highest BCUT2D eigenvalue weighted by molar-refractivity contribution is 6.35. The first-order valence-electron chi connectivity index (χ1n) is 6.24. The van der Waals surface area contributed by atoms with Crippen molar-refractivity contribution in [2.45, 2.75) is 19.4 Å². The molecule has 1 atom stereocenters. The van der Waals surface area contributed by atoms with Crippen molar-refractivity contribution in [1.82, 2.24) is 4.98 Å². The first kappa shape index (κ1) is 14.6. The van der Waals surface area contributed by atoms with Crippen molar-refractivity contribution in [2.24, 2.45) is 5.73 Å². The Bertz CT molecular complexity index is 644. The van der Waals surface area contributed by atoms with Crippen molar-refractivity contribution in [3.05, 3.63) is 64.2 Å². The zero-order valence-corrected chi connectivity index (χ0v) is 11.7. The van der Waals surface area contributed by atoms with Crippen LogP contribution in [0.25, 0.3) is 0 Å². The molecule has 0 aliphatic heterocycles. The van der Waals surface area contributed by atoms with Crippen LogP contribution in [0.1, 0.15) is 45.2 Å². The van der Waals surface area contributed by atoms with E-state index in [4.69, 9.17) is 17.3 Å². The van der Waals surface area contributed by atoms with E-state index < -0.39 is 17.6 Å². The van der Waals surface area contributed by atoms with Gasteiger partial charge in [0.1, 0.15) is 5.82 Å². The lowest BCUT2D eigenvalue weighted by Gasteiger charge is -2.14. The van der Waals surface area contributed by atoms with Crippen LogP contribution in [0.5, 0.6) is 0 Å². The van der Waals surface area contributed by atoms with E-state index in [9.17, 15) is 9.18 Å². The summed E-state index contributed by atoms with van der Waals surface area (Å²) < 4.78 is 14.5. The molecule has 0 fully saturated rings. The quantitative estimate of drug-likeness (QED) is 0.858. The second kappa shape index (κ2) is 6.11. The molecule has 0 radical (unpaired) electrons. The van der Waals surface area contributed by atoms with Crippen molar-refractivity contribution in [2.75, 3.05) is 0 Å². The lowest BCUT2D eigenvalue weighted by Crippen LogP contribution is -2.14. The van der Waals surface area contributed by atoms with Crippen molar-refractivity contribution in [1.29, 1.82) is 0 Å². The molecule has 0 unspecified atom stereocenters. The summed E-state index contributed by atoms with van der Waals surface area (Å²) >= 11 is 5.97. The van der Waals surface area contributed by atoms with Crippen molar-refractivity contribution >= 4 is 17.4 Å². The number of nitrogens with zero attached hydrogens (tertiary/aromatic N) is 1. The summed E-state index contributed by atoms with van der Waals surface area (Å²) in [5, 5.41) is 0.0726. The van der Waals surface area contributed by atoms with Crippen LogP contribution in [-0.4, -0.2) is 10.8 Å². The number of benzene rings is 1. The van der Waals surface area contributed by atoms with Gasteiger partial charge in [0, 0.05) is 33.8 Å². The molecule has 0 amide bonds. The Morgan fingerprint density at radius 3 is 2.85 bits per heavy atom. The van der Waals surface area contributed by atoms with Gasteiger partial charge in [-0.25, -0.2) is 4.39 Å². The molecule has 0 spiro atoms. The predicted molar refractivity (Wildman–Crippen MR) is 82.6 cm³/mol. The minimum atomic E-state index is -0.652. The number of nitrogens with two attached hydrogens (primary N) is 1. The maximum Gasteiger partial charge on any atom is 0.199 e. The number of aromatic nitrogens is 1. The Morgan fingerprint density at radius 1 is 1.50 bits per heavy atom. The van der Waals surface area contributed by atoms with Gasteiger partial charge in [0.25, 0.3) is 0 Å². The normalized spacial score (nSPS) is 12.2. The smallest absolute Gasteiger partial charge is 0.199 e. The van der Waals surface area contributed by atoms with Gasteiger partial charge in [0.15, 0.2) is 5.78 Å². The minimum absolute atomic E-state index is 0. The van der Waals surface area contributed by atoms with Crippen LogP contribution in [0.2, 0.25) is 5.02 Å². The molecule has 0 saturated carbocycles. The van der Waals surface area contributed by atoms with E-state index in [1.807, 2.05) is 6.92 Å². The van der Waals surface area contributed by atoms with Gasteiger partial charge in [-0.1, -0.05) is 24.6 Å². The summed E-state index contributed by atoms with van der Waals surface area (Å²) in [6.45, 7) is 1.85. The highest BCUT2D eigenvalue weighted by Crippen LogP contribution is 2.28. The minimum Gasteiger partial charge on any atom is -0.324 e. The Hall–Kier alpha value is -1.78. The lowest BCUT2D eigenvalue weighted by molar-refractivity contribution is 0.103. The Balaban J connectivity index is 0. The number of pyridine rings is 1. The second-order valence-electron chi connectivity index (χ2n) is 4.41. The number of hydrogen-bond acceptors (Lipinski definition) is 3. The number of hydrogen-bond donors (Lipinski definition) is 1. The highest BCUT2D eigenvalue weighted by atomic mass is 35.5. The van der Waals surface area contributed by atoms with Crippen LogP contribution < -0.4 is 5.73 Å². The molecular weight excluding hydrogens is 279 g/mol. The van der Waals surface area contributed by atoms with Gasteiger partial charge in [0.05, 0.1) is 10.6 Å². The average Bonchev–Trinajstić information content (AvgIpc) is 2.47.